The Morgan fingerprint density at radius 1 is 1.16 bits per heavy atom. The molecule has 0 aliphatic heterocycles. The lowest BCUT2D eigenvalue weighted by atomic mass is 9.83. The highest BCUT2D eigenvalue weighted by Crippen LogP contribution is 2.25. The van der Waals surface area contributed by atoms with Crippen molar-refractivity contribution in [2.75, 3.05) is 12.8 Å². The first-order chi connectivity index (χ1) is 15.1. The highest BCUT2D eigenvalue weighted by atomic mass is 32.2. The second-order valence-corrected chi connectivity index (χ2v) is 10.7. The molecule has 0 radical (unpaired) electrons. The lowest BCUT2D eigenvalue weighted by molar-refractivity contribution is -0.127. The maximum atomic E-state index is 12.8. The number of carbonyl (C=O) groups excluding carboxylic acids is 2. The number of nitriles is 1. The van der Waals surface area contributed by atoms with Crippen molar-refractivity contribution in [3.8, 4) is 6.07 Å². The van der Waals surface area contributed by atoms with E-state index in [9.17, 15) is 23.3 Å². The zero-order valence-electron chi connectivity index (χ0n) is 19.1. The number of rotatable bonds is 10. The fraction of sp³-hybridized carbons (Fsp3) is 0.609. The minimum absolute atomic E-state index is 0.170. The van der Waals surface area contributed by atoms with Crippen molar-refractivity contribution in [1.82, 2.24) is 15.4 Å². The van der Waals surface area contributed by atoms with Gasteiger partial charge in [0.05, 0.1) is 18.2 Å². The summed E-state index contributed by atoms with van der Waals surface area (Å²) in [5, 5.41) is 15.2. The van der Waals surface area contributed by atoms with Crippen LogP contribution in [0.1, 0.15) is 61.9 Å². The van der Waals surface area contributed by atoms with Crippen LogP contribution in [0.5, 0.6) is 0 Å². The standard InChI is InChI=1S/C23H34N4O4S/c1-16(2)14-19(15-24)26-23(29)20-6-4-5-7-21(20)27-22(28)18-10-8-17(9-11-18)12-13-25-32(3,30)31/h8-11,16,19-21,25H,4-7,12-14H2,1-3H3,(H,26,29)(H,27,28)/t19-,20+,21?/m0/s1. The van der Waals surface area contributed by atoms with Gasteiger partial charge in [-0.3, -0.25) is 9.59 Å². The second kappa shape index (κ2) is 12.0. The molecule has 3 atom stereocenters. The van der Waals surface area contributed by atoms with Crippen molar-refractivity contribution >= 4 is 21.8 Å². The molecule has 176 valence electrons. The number of amides is 2. The SMILES string of the molecule is CC(C)C[C@@H](C#N)NC(=O)[C@@H]1CCCCC1NC(=O)c1ccc(CCNS(C)(=O)=O)cc1. The molecule has 1 unspecified atom stereocenters. The summed E-state index contributed by atoms with van der Waals surface area (Å²) in [5.74, 6) is -0.463. The number of carbonyl (C=O) groups is 2. The molecule has 0 aromatic heterocycles. The smallest absolute Gasteiger partial charge is 0.251 e. The van der Waals surface area contributed by atoms with Crippen LogP contribution in [0.25, 0.3) is 0 Å². The third kappa shape index (κ3) is 8.60. The number of nitrogens with zero attached hydrogens (tertiary/aromatic N) is 1. The molecule has 2 rings (SSSR count). The third-order valence-corrected chi connectivity index (χ3v) is 6.32. The molecule has 1 fully saturated rings. The van der Waals surface area contributed by atoms with Crippen LogP contribution in [0.2, 0.25) is 0 Å². The fourth-order valence-electron chi connectivity index (χ4n) is 3.97. The Kier molecular flexibility index (Phi) is 9.66. The Morgan fingerprint density at radius 3 is 2.41 bits per heavy atom. The topological polar surface area (TPSA) is 128 Å². The maximum Gasteiger partial charge on any atom is 0.251 e. The van der Waals surface area contributed by atoms with Crippen LogP contribution in [-0.2, 0) is 21.2 Å². The lowest BCUT2D eigenvalue weighted by Gasteiger charge is -2.32. The van der Waals surface area contributed by atoms with E-state index in [1.165, 1.54) is 0 Å². The van der Waals surface area contributed by atoms with Gasteiger partial charge in [0.1, 0.15) is 6.04 Å². The van der Waals surface area contributed by atoms with Crippen LogP contribution < -0.4 is 15.4 Å². The van der Waals surface area contributed by atoms with E-state index < -0.39 is 16.1 Å². The first kappa shape index (κ1) is 25.8. The minimum Gasteiger partial charge on any atom is -0.349 e. The molecule has 0 spiro atoms. The highest BCUT2D eigenvalue weighted by Gasteiger charge is 2.33. The number of hydrogen-bond donors (Lipinski definition) is 3. The van der Waals surface area contributed by atoms with Gasteiger partial charge in [0, 0.05) is 18.2 Å². The van der Waals surface area contributed by atoms with Gasteiger partial charge in [0.25, 0.3) is 5.91 Å². The molecule has 1 aromatic rings. The number of nitrogens with one attached hydrogen (secondary N) is 3. The molecule has 32 heavy (non-hydrogen) atoms. The minimum atomic E-state index is -3.22. The highest BCUT2D eigenvalue weighted by molar-refractivity contribution is 7.88. The molecule has 1 aliphatic rings. The van der Waals surface area contributed by atoms with E-state index in [1.54, 1.807) is 24.3 Å². The van der Waals surface area contributed by atoms with Gasteiger partial charge in [-0.1, -0.05) is 38.8 Å². The van der Waals surface area contributed by atoms with Crippen molar-refractivity contribution in [2.45, 2.75) is 64.5 Å². The van der Waals surface area contributed by atoms with Gasteiger partial charge in [-0.15, -0.1) is 0 Å². The van der Waals surface area contributed by atoms with E-state index in [4.69, 9.17) is 0 Å². The Balaban J connectivity index is 1.96. The molecule has 0 heterocycles. The largest absolute Gasteiger partial charge is 0.349 e. The van der Waals surface area contributed by atoms with Gasteiger partial charge in [-0.05, 0) is 49.3 Å². The van der Waals surface area contributed by atoms with Crippen LogP contribution in [0.3, 0.4) is 0 Å². The summed E-state index contributed by atoms with van der Waals surface area (Å²) in [6.07, 6.45) is 5.50. The van der Waals surface area contributed by atoms with Crippen LogP contribution in [0, 0.1) is 23.2 Å². The zero-order valence-corrected chi connectivity index (χ0v) is 19.9. The van der Waals surface area contributed by atoms with Crippen molar-refractivity contribution in [3.05, 3.63) is 35.4 Å². The van der Waals surface area contributed by atoms with E-state index in [1.807, 2.05) is 13.8 Å². The molecule has 1 aliphatic carbocycles. The first-order valence-corrected chi connectivity index (χ1v) is 13.0. The summed E-state index contributed by atoms with van der Waals surface area (Å²) >= 11 is 0. The van der Waals surface area contributed by atoms with Crippen LogP contribution >= 0.6 is 0 Å². The Labute approximate surface area is 191 Å². The van der Waals surface area contributed by atoms with Crippen LogP contribution in [0.4, 0.5) is 0 Å². The molecule has 8 nitrogen and oxygen atoms in total. The molecule has 9 heteroatoms. The molecule has 0 bridgehead atoms. The molecule has 2 amide bonds. The molecule has 1 aromatic carbocycles. The predicted molar refractivity (Wildman–Crippen MR) is 123 cm³/mol. The number of benzene rings is 1. The van der Waals surface area contributed by atoms with Gasteiger partial charge >= 0.3 is 0 Å². The molecule has 3 N–H and O–H groups in total. The van der Waals surface area contributed by atoms with Crippen LogP contribution in [-0.4, -0.2) is 45.1 Å². The summed E-state index contributed by atoms with van der Waals surface area (Å²) in [6, 6.07) is 8.37. The Morgan fingerprint density at radius 2 is 1.81 bits per heavy atom. The monoisotopic (exact) mass is 462 g/mol. The van der Waals surface area contributed by atoms with Gasteiger partial charge in [0.2, 0.25) is 15.9 Å². The van der Waals surface area contributed by atoms with Crippen molar-refractivity contribution in [2.24, 2.45) is 11.8 Å². The zero-order chi connectivity index (χ0) is 23.7. The maximum absolute atomic E-state index is 12.8. The number of hydrogen-bond acceptors (Lipinski definition) is 5. The Bertz CT molecular complexity index is 922. The Hall–Kier alpha value is -2.44. The average molecular weight is 463 g/mol. The average Bonchev–Trinajstić information content (AvgIpc) is 2.72. The third-order valence-electron chi connectivity index (χ3n) is 5.59. The predicted octanol–water partition coefficient (Wildman–Crippen LogP) is 2.12. The summed E-state index contributed by atoms with van der Waals surface area (Å²) in [7, 11) is -3.22. The summed E-state index contributed by atoms with van der Waals surface area (Å²) in [6.45, 7) is 4.31. The number of sulfonamides is 1. The molecule has 0 saturated heterocycles. The van der Waals surface area contributed by atoms with E-state index in [0.717, 1.165) is 31.1 Å². The first-order valence-electron chi connectivity index (χ1n) is 11.1. The summed E-state index contributed by atoms with van der Waals surface area (Å²) in [4.78, 5) is 25.6. The second-order valence-electron chi connectivity index (χ2n) is 8.90. The van der Waals surface area contributed by atoms with Crippen LogP contribution in [0.15, 0.2) is 24.3 Å². The van der Waals surface area contributed by atoms with Crippen molar-refractivity contribution in [1.29, 1.82) is 5.26 Å². The fourth-order valence-corrected chi connectivity index (χ4v) is 4.44. The van der Waals surface area contributed by atoms with Gasteiger partial charge in [-0.25, -0.2) is 13.1 Å². The van der Waals surface area contributed by atoms with Crippen molar-refractivity contribution < 1.29 is 18.0 Å². The quantitative estimate of drug-likeness (QED) is 0.491. The van der Waals surface area contributed by atoms with E-state index in [0.29, 0.717) is 37.3 Å². The normalized spacial score (nSPS) is 19.7. The van der Waals surface area contributed by atoms with Gasteiger partial charge < -0.3 is 10.6 Å². The van der Waals surface area contributed by atoms with Gasteiger partial charge in [-0.2, -0.15) is 5.26 Å². The van der Waals surface area contributed by atoms with Gasteiger partial charge in [0.15, 0.2) is 0 Å². The lowest BCUT2D eigenvalue weighted by Crippen LogP contribution is -2.50. The van der Waals surface area contributed by atoms with E-state index >= 15 is 0 Å². The molecular formula is C23H34N4O4S. The summed E-state index contributed by atoms with van der Waals surface area (Å²) in [5.41, 5.74) is 1.41. The van der Waals surface area contributed by atoms with Crippen molar-refractivity contribution in [3.63, 3.8) is 0 Å². The molecule has 1 saturated carbocycles. The summed E-state index contributed by atoms with van der Waals surface area (Å²) < 4.78 is 24.7. The van der Waals surface area contributed by atoms with E-state index in [2.05, 4.69) is 21.4 Å². The van der Waals surface area contributed by atoms with E-state index in [-0.39, 0.29) is 23.8 Å². The molecular weight excluding hydrogens is 428 g/mol.